The second kappa shape index (κ2) is 4.03. The fourth-order valence-corrected chi connectivity index (χ4v) is 2.64. The fraction of sp³-hybridized carbons (Fsp3) is 0.400. The van der Waals surface area contributed by atoms with Gasteiger partial charge in [0.2, 0.25) is 0 Å². The van der Waals surface area contributed by atoms with E-state index in [9.17, 15) is 8.42 Å². The number of rotatable bonds is 2. The Balaban J connectivity index is 3.29. The van der Waals surface area contributed by atoms with Crippen LogP contribution >= 0.6 is 15.9 Å². The summed E-state index contributed by atoms with van der Waals surface area (Å²) in [4.78, 5) is 0.380. The SMILES string of the molecule is Cc1ccc(S(=O)(=O)C(C)C)cc1Br. The Morgan fingerprint density at radius 1 is 1.29 bits per heavy atom. The standard InChI is InChI=1S/C10H13BrO2S/c1-7(2)14(12,13)9-5-4-8(3)10(11)6-9/h4-7H,1-3H3. The van der Waals surface area contributed by atoms with Crippen LogP contribution in [0.1, 0.15) is 19.4 Å². The summed E-state index contributed by atoms with van der Waals surface area (Å²) in [5, 5.41) is -0.378. The molecule has 0 bridgehead atoms. The second-order valence-electron chi connectivity index (χ2n) is 3.50. The van der Waals surface area contributed by atoms with Crippen LogP contribution < -0.4 is 0 Å². The molecule has 1 rings (SSSR count). The predicted octanol–water partition coefficient (Wildman–Crippen LogP) is 2.94. The molecular formula is C10H13BrO2S. The van der Waals surface area contributed by atoms with Gasteiger partial charge < -0.3 is 0 Å². The van der Waals surface area contributed by atoms with Gasteiger partial charge in [0.25, 0.3) is 0 Å². The van der Waals surface area contributed by atoms with Gasteiger partial charge in [-0.3, -0.25) is 0 Å². The number of benzene rings is 1. The lowest BCUT2D eigenvalue weighted by Gasteiger charge is -2.08. The first-order valence-corrected chi connectivity index (χ1v) is 6.69. The molecule has 0 N–H and O–H groups in total. The molecule has 0 aliphatic rings. The molecule has 0 fully saturated rings. The second-order valence-corrected chi connectivity index (χ2v) is 6.86. The minimum absolute atomic E-state index is 0.378. The van der Waals surface area contributed by atoms with E-state index in [0.717, 1.165) is 10.0 Å². The zero-order valence-electron chi connectivity index (χ0n) is 8.41. The Hall–Kier alpha value is -0.350. The molecule has 0 atom stereocenters. The van der Waals surface area contributed by atoms with E-state index in [-0.39, 0.29) is 5.25 Å². The van der Waals surface area contributed by atoms with Crippen molar-refractivity contribution in [2.45, 2.75) is 30.9 Å². The van der Waals surface area contributed by atoms with Crippen molar-refractivity contribution in [2.75, 3.05) is 0 Å². The lowest BCUT2D eigenvalue weighted by Crippen LogP contribution is -2.13. The number of aryl methyl sites for hydroxylation is 1. The zero-order valence-corrected chi connectivity index (χ0v) is 10.8. The third-order valence-corrected chi connectivity index (χ3v) is 5.10. The van der Waals surface area contributed by atoms with E-state index >= 15 is 0 Å². The summed E-state index contributed by atoms with van der Waals surface area (Å²) < 4.78 is 24.4. The molecule has 0 aromatic heterocycles. The van der Waals surface area contributed by atoms with Crippen molar-refractivity contribution < 1.29 is 8.42 Å². The number of sulfone groups is 1. The average molecular weight is 277 g/mol. The van der Waals surface area contributed by atoms with Crippen LogP contribution in [0.15, 0.2) is 27.6 Å². The van der Waals surface area contributed by atoms with Gasteiger partial charge in [0, 0.05) is 4.47 Å². The van der Waals surface area contributed by atoms with Crippen LogP contribution in [0, 0.1) is 6.92 Å². The van der Waals surface area contributed by atoms with Crippen LogP contribution in [0.3, 0.4) is 0 Å². The molecule has 0 unspecified atom stereocenters. The molecule has 0 heterocycles. The molecule has 0 radical (unpaired) electrons. The summed E-state index contributed by atoms with van der Waals surface area (Å²) in [5.74, 6) is 0. The molecule has 0 saturated heterocycles. The van der Waals surface area contributed by atoms with Crippen molar-refractivity contribution in [3.8, 4) is 0 Å². The summed E-state index contributed by atoms with van der Waals surface area (Å²) in [7, 11) is -3.15. The smallest absolute Gasteiger partial charge is 0.180 e. The molecule has 78 valence electrons. The van der Waals surface area contributed by atoms with E-state index in [1.165, 1.54) is 0 Å². The zero-order chi connectivity index (χ0) is 10.9. The van der Waals surface area contributed by atoms with Crippen molar-refractivity contribution in [3.63, 3.8) is 0 Å². The maximum atomic E-state index is 11.8. The van der Waals surface area contributed by atoms with Gasteiger partial charge in [-0.15, -0.1) is 0 Å². The van der Waals surface area contributed by atoms with Crippen molar-refractivity contribution in [1.82, 2.24) is 0 Å². The van der Waals surface area contributed by atoms with E-state index in [0.29, 0.717) is 4.90 Å². The first-order valence-electron chi connectivity index (χ1n) is 4.35. The van der Waals surface area contributed by atoms with Gasteiger partial charge in [-0.2, -0.15) is 0 Å². The molecule has 0 aliphatic carbocycles. The molecule has 1 aromatic carbocycles. The number of hydrogen-bond acceptors (Lipinski definition) is 2. The predicted molar refractivity (Wildman–Crippen MR) is 61.2 cm³/mol. The summed E-state index contributed by atoms with van der Waals surface area (Å²) in [6.07, 6.45) is 0. The molecule has 4 heteroatoms. The molecule has 2 nitrogen and oxygen atoms in total. The van der Waals surface area contributed by atoms with E-state index in [2.05, 4.69) is 15.9 Å². The number of hydrogen-bond donors (Lipinski definition) is 0. The topological polar surface area (TPSA) is 34.1 Å². The van der Waals surface area contributed by atoms with Crippen molar-refractivity contribution in [2.24, 2.45) is 0 Å². The summed E-state index contributed by atoms with van der Waals surface area (Å²) >= 11 is 3.32. The van der Waals surface area contributed by atoms with Crippen LogP contribution in [0.25, 0.3) is 0 Å². The van der Waals surface area contributed by atoms with Gasteiger partial charge in [0.15, 0.2) is 9.84 Å². The Kier molecular flexibility index (Phi) is 3.37. The maximum absolute atomic E-state index is 11.8. The molecule has 0 spiro atoms. The lowest BCUT2D eigenvalue weighted by molar-refractivity contribution is 0.587. The molecular weight excluding hydrogens is 264 g/mol. The summed E-state index contributed by atoms with van der Waals surface area (Å²) in [6.45, 7) is 5.29. The highest BCUT2D eigenvalue weighted by molar-refractivity contribution is 9.10. The lowest BCUT2D eigenvalue weighted by atomic mass is 10.2. The van der Waals surface area contributed by atoms with Gasteiger partial charge in [-0.05, 0) is 38.5 Å². The van der Waals surface area contributed by atoms with Crippen LogP contribution in [-0.4, -0.2) is 13.7 Å². The molecule has 0 saturated carbocycles. The highest BCUT2D eigenvalue weighted by atomic mass is 79.9. The van der Waals surface area contributed by atoms with Gasteiger partial charge >= 0.3 is 0 Å². The van der Waals surface area contributed by atoms with Crippen LogP contribution in [0.4, 0.5) is 0 Å². The van der Waals surface area contributed by atoms with Crippen LogP contribution in [0.2, 0.25) is 0 Å². The van der Waals surface area contributed by atoms with Crippen molar-refractivity contribution in [1.29, 1.82) is 0 Å². The Bertz CT molecular complexity index is 435. The highest BCUT2D eigenvalue weighted by Gasteiger charge is 2.19. The van der Waals surface area contributed by atoms with E-state index in [1.54, 1.807) is 32.0 Å². The molecule has 14 heavy (non-hydrogen) atoms. The van der Waals surface area contributed by atoms with Gasteiger partial charge in [0.05, 0.1) is 10.1 Å². The fourth-order valence-electron chi connectivity index (χ4n) is 1.02. The molecule has 0 amide bonds. The van der Waals surface area contributed by atoms with E-state index < -0.39 is 9.84 Å². The largest absolute Gasteiger partial charge is 0.223 e. The Labute approximate surface area is 93.4 Å². The van der Waals surface area contributed by atoms with Gasteiger partial charge in [-0.25, -0.2) is 8.42 Å². The molecule has 1 aromatic rings. The van der Waals surface area contributed by atoms with E-state index in [1.807, 2.05) is 6.92 Å². The third-order valence-electron chi connectivity index (χ3n) is 2.09. The van der Waals surface area contributed by atoms with Crippen molar-refractivity contribution >= 4 is 25.8 Å². The van der Waals surface area contributed by atoms with Gasteiger partial charge in [-0.1, -0.05) is 22.0 Å². The van der Waals surface area contributed by atoms with Gasteiger partial charge in [0.1, 0.15) is 0 Å². The maximum Gasteiger partial charge on any atom is 0.180 e. The first-order chi connectivity index (χ1) is 6.35. The quantitative estimate of drug-likeness (QED) is 0.833. The normalized spacial score (nSPS) is 12.1. The first kappa shape index (κ1) is 11.7. The Morgan fingerprint density at radius 2 is 1.86 bits per heavy atom. The minimum Gasteiger partial charge on any atom is -0.223 e. The van der Waals surface area contributed by atoms with Crippen LogP contribution in [-0.2, 0) is 9.84 Å². The van der Waals surface area contributed by atoms with Crippen molar-refractivity contribution in [3.05, 3.63) is 28.2 Å². The summed E-state index contributed by atoms with van der Waals surface area (Å²) in [5.41, 5.74) is 1.03. The third kappa shape index (κ3) is 2.17. The minimum atomic E-state index is -3.15. The van der Waals surface area contributed by atoms with E-state index in [4.69, 9.17) is 0 Å². The molecule has 0 aliphatic heterocycles. The summed E-state index contributed by atoms with van der Waals surface area (Å²) in [6, 6.07) is 5.11. The number of halogens is 1. The average Bonchev–Trinajstić information content (AvgIpc) is 2.09. The van der Waals surface area contributed by atoms with Crippen LogP contribution in [0.5, 0.6) is 0 Å². The Morgan fingerprint density at radius 3 is 2.29 bits per heavy atom. The monoisotopic (exact) mass is 276 g/mol. The highest BCUT2D eigenvalue weighted by Crippen LogP contribution is 2.23.